The normalized spacial score (nSPS) is 12.3. The highest BCUT2D eigenvalue weighted by atomic mass is 16.5. The maximum Gasteiger partial charge on any atom is 0.333 e. The minimum absolute atomic E-state index is 0.0885. The third-order valence-corrected chi connectivity index (χ3v) is 8.32. The second kappa shape index (κ2) is 34.8. The van der Waals surface area contributed by atoms with Crippen molar-refractivity contribution in [3.05, 3.63) is 24.3 Å². The summed E-state index contributed by atoms with van der Waals surface area (Å²) in [6.45, 7) is 15.3. The standard InChI is InChI=1S/C21H38O4.C18H34O2/c1-6-10-12-18(8-3)15-24-20(22)14-17(5)21(23)25-16-19(9-4)13-11-7-2;1-2-3-4-5-6-7-8-9-10-11-12-13-14-15-16-17-18(19)20/h18-19H,5-16H2,1-4H3;9-10H,2-8,11-17H2,1H3,(H,19,20)/b;10-9-. The van der Waals surface area contributed by atoms with E-state index in [1.807, 2.05) is 0 Å². The summed E-state index contributed by atoms with van der Waals surface area (Å²) in [7, 11) is 0. The van der Waals surface area contributed by atoms with Gasteiger partial charge in [-0.3, -0.25) is 9.59 Å². The smallest absolute Gasteiger partial charge is 0.333 e. The first-order valence-electron chi connectivity index (χ1n) is 18.6. The van der Waals surface area contributed by atoms with Gasteiger partial charge in [0.2, 0.25) is 0 Å². The van der Waals surface area contributed by atoms with Crippen LogP contribution in [0.15, 0.2) is 24.3 Å². The highest BCUT2D eigenvalue weighted by molar-refractivity contribution is 5.93. The fourth-order valence-electron chi connectivity index (χ4n) is 4.95. The maximum atomic E-state index is 12.0. The van der Waals surface area contributed by atoms with Gasteiger partial charge in [-0.15, -0.1) is 0 Å². The number of carboxylic acids is 1. The van der Waals surface area contributed by atoms with Gasteiger partial charge >= 0.3 is 17.9 Å². The van der Waals surface area contributed by atoms with Gasteiger partial charge in [-0.1, -0.05) is 143 Å². The molecule has 0 fully saturated rings. The van der Waals surface area contributed by atoms with Gasteiger partial charge in [0.1, 0.15) is 0 Å². The number of rotatable bonds is 30. The number of carbonyl (C=O) groups excluding carboxylic acids is 2. The first kappa shape index (κ1) is 45.0. The summed E-state index contributed by atoms with van der Waals surface area (Å²) >= 11 is 0. The lowest BCUT2D eigenvalue weighted by molar-refractivity contribution is -0.147. The van der Waals surface area contributed by atoms with Crippen molar-refractivity contribution in [2.75, 3.05) is 13.2 Å². The van der Waals surface area contributed by atoms with E-state index in [1.165, 1.54) is 70.6 Å². The minimum Gasteiger partial charge on any atom is -0.481 e. The molecule has 0 aromatic carbocycles. The molecule has 0 saturated heterocycles. The van der Waals surface area contributed by atoms with Crippen molar-refractivity contribution < 1.29 is 29.0 Å². The summed E-state index contributed by atoms with van der Waals surface area (Å²) in [6, 6.07) is 0. The number of carboxylic acid groups (broad SMARTS) is 1. The SMILES string of the molecule is C=C(CC(=O)OCC(CC)CCCC)C(=O)OCC(CC)CCCC.CCCCCCCC/C=C\CCCCCCCC(=O)O. The van der Waals surface area contributed by atoms with E-state index in [4.69, 9.17) is 14.6 Å². The second-order valence-corrected chi connectivity index (χ2v) is 12.6. The number of carbonyl (C=O) groups is 3. The number of ether oxygens (including phenoxy) is 2. The van der Waals surface area contributed by atoms with Gasteiger partial charge in [0.05, 0.1) is 19.6 Å². The van der Waals surface area contributed by atoms with E-state index >= 15 is 0 Å². The molecule has 1 N–H and O–H groups in total. The zero-order valence-electron chi connectivity index (χ0n) is 30.2. The predicted octanol–water partition coefficient (Wildman–Crippen LogP) is 11.6. The van der Waals surface area contributed by atoms with E-state index in [0.29, 0.717) is 31.5 Å². The first-order valence-corrected chi connectivity index (χ1v) is 18.6. The average Bonchev–Trinajstić information content (AvgIpc) is 3.03. The topological polar surface area (TPSA) is 89.9 Å². The van der Waals surface area contributed by atoms with Crippen LogP contribution in [0.25, 0.3) is 0 Å². The molecule has 0 heterocycles. The molecule has 6 nitrogen and oxygen atoms in total. The first-order chi connectivity index (χ1) is 21.7. The molecule has 6 heteroatoms. The fraction of sp³-hybridized carbons (Fsp3) is 0.821. The monoisotopic (exact) mass is 637 g/mol. The molecule has 0 rings (SSSR count). The van der Waals surface area contributed by atoms with Crippen molar-refractivity contribution in [1.82, 2.24) is 0 Å². The van der Waals surface area contributed by atoms with Crippen molar-refractivity contribution in [2.24, 2.45) is 11.8 Å². The molecule has 0 radical (unpaired) electrons. The van der Waals surface area contributed by atoms with Crippen LogP contribution in [-0.2, 0) is 23.9 Å². The van der Waals surface area contributed by atoms with Gasteiger partial charge in [0, 0.05) is 12.0 Å². The second-order valence-electron chi connectivity index (χ2n) is 12.6. The van der Waals surface area contributed by atoms with Gasteiger partial charge in [-0.05, 0) is 56.8 Å². The van der Waals surface area contributed by atoms with Gasteiger partial charge in [-0.25, -0.2) is 4.79 Å². The number of hydrogen-bond acceptors (Lipinski definition) is 5. The largest absolute Gasteiger partial charge is 0.481 e. The maximum absolute atomic E-state index is 12.0. The summed E-state index contributed by atoms with van der Waals surface area (Å²) in [6.07, 6.45) is 29.8. The van der Waals surface area contributed by atoms with E-state index in [9.17, 15) is 14.4 Å². The number of aliphatic carboxylic acids is 1. The Bertz CT molecular complexity index is 744. The molecule has 0 aromatic rings. The Balaban J connectivity index is 0. The molecule has 45 heavy (non-hydrogen) atoms. The van der Waals surface area contributed by atoms with Crippen LogP contribution >= 0.6 is 0 Å². The van der Waals surface area contributed by atoms with Gasteiger partial charge < -0.3 is 14.6 Å². The third kappa shape index (κ3) is 33.1. The molecule has 2 atom stereocenters. The molecule has 0 aliphatic carbocycles. The molecule has 0 spiro atoms. The molecular formula is C39H72O6. The van der Waals surface area contributed by atoms with Crippen LogP contribution in [-0.4, -0.2) is 36.2 Å². The molecule has 2 unspecified atom stereocenters. The highest BCUT2D eigenvalue weighted by Crippen LogP contribution is 2.16. The molecule has 0 bridgehead atoms. The van der Waals surface area contributed by atoms with Crippen molar-refractivity contribution >= 4 is 17.9 Å². The van der Waals surface area contributed by atoms with Crippen LogP contribution in [0.3, 0.4) is 0 Å². The lowest BCUT2D eigenvalue weighted by Gasteiger charge is -2.16. The van der Waals surface area contributed by atoms with Crippen LogP contribution in [0.1, 0.15) is 182 Å². The zero-order valence-corrected chi connectivity index (χ0v) is 30.2. The summed E-state index contributed by atoms with van der Waals surface area (Å²) in [4.78, 5) is 34.2. The molecule has 0 aromatic heterocycles. The Kier molecular flexibility index (Phi) is 34.8. The summed E-state index contributed by atoms with van der Waals surface area (Å²) in [5, 5.41) is 8.51. The lowest BCUT2D eigenvalue weighted by atomic mass is 10.0. The number of unbranched alkanes of at least 4 members (excludes halogenated alkanes) is 13. The summed E-state index contributed by atoms with van der Waals surface area (Å²) in [5.74, 6) is -0.761. The van der Waals surface area contributed by atoms with Gasteiger partial charge in [0.15, 0.2) is 0 Å². The van der Waals surface area contributed by atoms with E-state index in [1.54, 1.807) is 0 Å². The Labute approximate surface area is 278 Å². The minimum atomic E-state index is -0.664. The molecular weight excluding hydrogens is 564 g/mol. The zero-order chi connectivity index (χ0) is 34.0. The van der Waals surface area contributed by atoms with E-state index in [0.717, 1.165) is 64.2 Å². The van der Waals surface area contributed by atoms with Crippen LogP contribution in [0.4, 0.5) is 0 Å². The Hall–Kier alpha value is -2.11. The van der Waals surface area contributed by atoms with Crippen molar-refractivity contribution in [3.8, 4) is 0 Å². The number of allylic oxidation sites excluding steroid dienone is 2. The Morgan fingerprint density at radius 1 is 0.622 bits per heavy atom. The van der Waals surface area contributed by atoms with Crippen molar-refractivity contribution in [2.45, 2.75) is 182 Å². The fourth-order valence-corrected chi connectivity index (χ4v) is 4.95. The Morgan fingerprint density at radius 3 is 1.53 bits per heavy atom. The van der Waals surface area contributed by atoms with E-state index in [-0.39, 0.29) is 12.0 Å². The lowest BCUT2D eigenvalue weighted by Crippen LogP contribution is -2.18. The third-order valence-electron chi connectivity index (χ3n) is 8.32. The number of esters is 2. The van der Waals surface area contributed by atoms with Crippen molar-refractivity contribution in [3.63, 3.8) is 0 Å². The van der Waals surface area contributed by atoms with Crippen LogP contribution in [0.5, 0.6) is 0 Å². The van der Waals surface area contributed by atoms with Crippen molar-refractivity contribution in [1.29, 1.82) is 0 Å². The molecule has 264 valence electrons. The van der Waals surface area contributed by atoms with Gasteiger partial charge in [0.25, 0.3) is 0 Å². The van der Waals surface area contributed by atoms with Crippen LogP contribution < -0.4 is 0 Å². The van der Waals surface area contributed by atoms with E-state index in [2.05, 4.69) is 53.3 Å². The van der Waals surface area contributed by atoms with E-state index < -0.39 is 17.9 Å². The average molecular weight is 637 g/mol. The summed E-state index contributed by atoms with van der Waals surface area (Å²) < 4.78 is 10.6. The number of hydrogen-bond donors (Lipinski definition) is 1. The Morgan fingerprint density at radius 2 is 1.07 bits per heavy atom. The molecule has 0 aliphatic heterocycles. The molecule has 0 saturated carbocycles. The highest BCUT2D eigenvalue weighted by Gasteiger charge is 2.17. The molecule has 0 aliphatic rings. The van der Waals surface area contributed by atoms with Crippen LogP contribution in [0, 0.1) is 11.8 Å². The van der Waals surface area contributed by atoms with Crippen LogP contribution in [0.2, 0.25) is 0 Å². The van der Waals surface area contributed by atoms with Gasteiger partial charge in [-0.2, -0.15) is 0 Å². The predicted molar refractivity (Wildman–Crippen MR) is 189 cm³/mol. The molecule has 0 amide bonds. The quantitative estimate of drug-likeness (QED) is 0.0365. The summed E-state index contributed by atoms with van der Waals surface area (Å²) in [5.41, 5.74) is 0.178.